The van der Waals surface area contributed by atoms with Gasteiger partial charge in [0.1, 0.15) is 0 Å². The number of Topliss-reactive ketones (excluding diaryl/α,β-unsaturated/α-hetero) is 1. The number of ether oxygens (including phenoxy) is 1. The van der Waals surface area contributed by atoms with Crippen molar-refractivity contribution in [1.82, 2.24) is 0 Å². The summed E-state index contributed by atoms with van der Waals surface area (Å²) in [4.78, 5) is 12.5. The molecule has 2 heteroatoms. The Labute approximate surface area is 130 Å². The molecular weight excluding hydrogens is 272 g/mol. The molecule has 0 aromatic heterocycles. The summed E-state index contributed by atoms with van der Waals surface area (Å²) in [6.45, 7) is 1.94. The highest BCUT2D eigenvalue weighted by Crippen LogP contribution is 2.42. The maximum absolute atomic E-state index is 12.5. The molecule has 0 spiro atoms. The van der Waals surface area contributed by atoms with Crippen molar-refractivity contribution < 1.29 is 9.53 Å². The normalized spacial score (nSPS) is 24.0. The predicted octanol–water partition coefficient (Wildman–Crippen LogP) is 4.52. The van der Waals surface area contributed by atoms with Crippen molar-refractivity contribution in [1.29, 1.82) is 0 Å². The number of carbonyl (C=O) groups is 1. The van der Waals surface area contributed by atoms with Crippen LogP contribution < -0.4 is 0 Å². The molecule has 0 amide bonds. The molecule has 1 unspecified atom stereocenters. The first-order valence-corrected chi connectivity index (χ1v) is 8.17. The van der Waals surface area contributed by atoms with E-state index < -0.39 is 0 Å². The smallest absolute Gasteiger partial charge is 0.161 e. The molecule has 4 rings (SSSR count). The summed E-state index contributed by atoms with van der Waals surface area (Å²) in [5.41, 5.74) is 3.35. The Balaban J connectivity index is 1.87. The van der Waals surface area contributed by atoms with E-state index in [1.165, 1.54) is 21.9 Å². The van der Waals surface area contributed by atoms with Gasteiger partial charge in [-0.2, -0.15) is 0 Å². The summed E-state index contributed by atoms with van der Waals surface area (Å²) in [6, 6.07) is 14.9. The largest absolute Gasteiger partial charge is 0.370 e. The minimum absolute atomic E-state index is 0.0210. The lowest BCUT2D eigenvalue weighted by Crippen LogP contribution is -2.25. The van der Waals surface area contributed by atoms with E-state index in [2.05, 4.69) is 42.5 Å². The highest BCUT2D eigenvalue weighted by molar-refractivity contribution is 6.04. The van der Waals surface area contributed by atoms with E-state index in [0.29, 0.717) is 12.5 Å². The van der Waals surface area contributed by atoms with Crippen molar-refractivity contribution in [2.75, 3.05) is 0 Å². The summed E-state index contributed by atoms with van der Waals surface area (Å²) >= 11 is 0. The highest BCUT2D eigenvalue weighted by atomic mass is 16.5. The molecule has 2 aromatic rings. The van der Waals surface area contributed by atoms with Gasteiger partial charge < -0.3 is 4.74 Å². The number of fused-ring (bicyclic) bond motifs is 3. The molecular formula is C20H20O2. The zero-order chi connectivity index (χ0) is 15.1. The van der Waals surface area contributed by atoms with E-state index in [4.69, 9.17) is 4.74 Å². The molecule has 0 aliphatic carbocycles. The lowest BCUT2D eigenvalue weighted by atomic mass is 9.88. The second-order valence-corrected chi connectivity index (χ2v) is 6.26. The monoisotopic (exact) mass is 292 g/mol. The van der Waals surface area contributed by atoms with Crippen molar-refractivity contribution in [3.8, 4) is 0 Å². The van der Waals surface area contributed by atoms with Gasteiger partial charge in [-0.25, -0.2) is 0 Å². The average molecular weight is 292 g/mol. The van der Waals surface area contributed by atoms with Gasteiger partial charge in [-0.05, 0) is 47.2 Å². The Morgan fingerprint density at radius 1 is 1.14 bits per heavy atom. The first-order valence-electron chi connectivity index (χ1n) is 8.17. The molecule has 1 saturated heterocycles. The standard InChI is InChI=1S/C20H20O2/c1-2-18(21)20-17(12-16-9-10-19(20)22-16)15-8-7-13-5-3-4-6-14(13)11-15/h3-8,11,16,19H,2,9-10,12H2,1H3/t16?,19-/m0/s1. The fraction of sp³-hybridized carbons (Fsp3) is 0.350. The molecule has 2 aliphatic rings. The predicted molar refractivity (Wildman–Crippen MR) is 88.7 cm³/mol. The SMILES string of the molecule is CCC(=O)C1=C(c2ccc3ccccc3c2)CC2CC[C@@H]1O2. The summed E-state index contributed by atoms with van der Waals surface area (Å²) in [7, 11) is 0. The van der Waals surface area contributed by atoms with Crippen molar-refractivity contribution >= 4 is 22.1 Å². The van der Waals surface area contributed by atoms with Crippen LogP contribution >= 0.6 is 0 Å². The molecule has 2 heterocycles. The third kappa shape index (κ3) is 2.19. The zero-order valence-corrected chi connectivity index (χ0v) is 12.8. The summed E-state index contributed by atoms with van der Waals surface area (Å²) in [5, 5.41) is 2.47. The van der Waals surface area contributed by atoms with E-state index >= 15 is 0 Å². The Morgan fingerprint density at radius 2 is 1.95 bits per heavy atom. The number of carbonyl (C=O) groups excluding carboxylic acids is 1. The molecule has 0 N–H and O–H groups in total. The van der Waals surface area contributed by atoms with Crippen LogP contribution in [-0.2, 0) is 9.53 Å². The Morgan fingerprint density at radius 3 is 2.77 bits per heavy atom. The maximum atomic E-state index is 12.5. The Kier molecular flexibility index (Phi) is 3.34. The van der Waals surface area contributed by atoms with E-state index in [9.17, 15) is 4.79 Å². The van der Waals surface area contributed by atoms with Gasteiger partial charge in [0, 0.05) is 12.0 Å². The van der Waals surface area contributed by atoms with Gasteiger partial charge in [0.2, 0.25) is 0 Å². The van der Waals surface area contributed by atoms with Crippen LogP contribution in [0.2, 0.25) is 0 Å². The fourth-order valence-corrected chi connectivity index (χ4v) is 3.79. The topological polar surface area (TPSA) is 26.3 Å². The molecule has 2 atom stereocenters. The van der Waals surface area contributed by atoms with E-state index in [1.807, 2.05) is 6.92 Å². The number of benzene rings is 2. The average Bonchev–Trinajstić information content (AvgIpc) is 2.95. The second kappa shape index (κ2) is 5.36. The number of rotatable bonds is 3. The van der Waals surface area contributed by atoms with Gasteiger partial charge in [0.15, 0.2) is 5.78 Å². The Bertz CT molecular complexity index is 772. The molecule has 2 nitrogen and oxygen atoms in total. The van der Waals surface area contributed by atoms with E-state index in [1.54, 1.807) is 0 Å². The molecule has 0 radical (unpaired) electrons. The van der Waals surface area contributed by atoms with Crippen LogP contribution in [0.15, 0.2) is 48.0 Å². The molecule has 22 heavy (non-hydrogen) atoms. The first kappa shape index (κ1) is 13.7. The van der Waals surface area contributed by atoms with Crippen LogP contribution in [0, 0.1) is 0 Å². The van der Waals surface area contributed by atoms with Gasteiger partial charge in [0.25, 0.3) is 0 Å². The second-order valence-electron chi connectivity index (χ2n) is 6.26. The molecule has 112 valence electrons. The molecule has 0 saturated carbocycles. The van der Waals surface area contributed by atoms with Crippen molar-refractivity contribution in [2.45, 2.75) is 44.8 Å². The molecule has 2 aromatic carbocycles. The van der Waals surface area contributed by atoms with Gasteiger partial charge in [-0.1, -0.05) is 43.3 Å². The van der Waals surface area contributed by atoms with Crippen LogP contribution in [-0.4, -0.2) is 18.0 Å². The summed E-state index contributed by atoms with van der Waals surface area (Å²) in [5.74, 6) is 0.244. The minimum atomic E-state index is 0.0210. The number of hydrogen-bond donors (Lipinski definition) is 0. The summed E-state index contributed by atoms with van der Waals surface area (Å²) < 4.78 is 5.99. The lowest BCUT2D eigenvalue weighted by molar-refractivity contribution is -0.116. The van der Waals surface area contributed by atoms with E-state index in [0.717, 1.165) is 24.8 Å². The summed E-state index contributed by atoms with van der Waals surface area (Å²) in [6.07, 6.45) is 3.80. The van der Waals surface area contributed by atoms with Crippen molar-refractivity contribution in [3.05, 3.63) is 53.6 Å². The highest BCUT2D eigenvalue weighted by Gasteiger charge is 2.38. The van der Waals surface area contributed by atoms with Crippen LogP contribution in [0.5, 0.6) is 0 Å². The third-order valence-corrected chi connectivity index (χ3v) is 4.91. The molecule has 2 bridgehead atoms. The lowest BCUT2D eigenvalue weighted by Gasteiger charge is -2.26. The van der Waals surface area contributed by atoms with Crippen LogP contribution in [0.3, 0.4) is 0 Å². The maximum Gasteiger partial charge on any atom is 0.161 e. The van der Waals surface area contributed by atoms with E-state index in [-0.39, 0.29) is 11.9 Å². The van der Waals surface area contributed by atoms with Crippen LogP contribution in [0.1, 0.15) is 38.2 Å². The molecule has 2 aliphatic heterocycles. The van der Waals surface area contributed by atoms with Gasteiger partial charge >= 0.3 is 0 Å². The Hall–Kier alpha value is -1.93. The van der Waals surface area contributed by atoms with Crippen molar-refractivity contribution in [3.63, 3.8) is 0 Å². The number of hydrogen-bond acceptors (Lipinski definition) is 2. The van der Waals surface area contributed by atoms with Crippen molar-refractivity contribution in [2.24, 2.45) is 0 Å². The van der Waals surface area contributed by atoms with Crippen LogP contribution in [0.4, 0.5) is 0 Å². The van der Waals surface area contributed by atoms with Gasteiger partial charge in [0.05, 0.1) is 12.2 Å². The fourth-order valence-electron chi connectivity index (χ4n) is 3.79. The quantitative estimate of drug-likeness (QED) is 0.831. The third-order valence-electron chi connectivity index (χ3n) is 4.91. The number of ketones is 1. The van der Waals surface area contributed by atoms with Gasteiger partial charge in [-0.15, -0.1) is 0 Å². The minimum Gasteiger partial charge on any atom is -0.370 e. The van der Waals surface area contributed by atoms with Gasteiger partial charge in [-0.3, -0.25) is 4.79 Å². The molecule has 1 fully saturated rings. The first-order chi connectivity index (χ1) is 10.8. The zero-order valence-electron chi connectivity index (χ0n) is 12.8. The van der Waals surface area contributed by atoms with Crippen LogP contribution in [0.25, 0.3) is 16.3 Å².